The first-order valence-corrected chi connectivity index (χ1v) is 13.1. The van der Waals surface area contributed by atoms with Crippen molar-refractivity contribution in [3.63, 3.8) is 0 Å². The van der Waals surface area contributed by atoms with Crippen LogP contribution >= 0.6 is 34.8 Å². The molecule has 0 saturated carbocycles. The molecule has 2 N–H and O–H groups in total. The van der Waals surface area contributed by atoms with E-state index in [1.54, 1.807) is 18.2 Å². The molecule has 6 nitrogen and oxygen atoms in total. The van der Waals surface area contributed by atoms with E-state index in [1.807, 2.05) is 48.5 Å². The molecule has 9 heteroatoms. The van der Waals surface area contributed by atoms with Crippen molar-refractivity contribution >= 4 is 46.4 Å². The third-order valence-corrected chi connectivity index (χ3v) is 6.61. The summed E-state index contributed by atoms with van der Waals surface area (Å²) in [6.07, 6.45) is -0.343. The maximum Gasteiger partial charge on any atom is 0.276 e. The van der Waals surface area contributed by atoms with Crippen LogP contribution in [0.3, 0.4) is 0 Å². The number of aliphatic hydroxyl groups is 1. The molecule has 3 aromatic rings. The number of rotatable bonds is 8. The largest absolute Gasteiger partial charge is 0.392 e. The molecule has 0 unspecified atom stereocenters. The van der Waals surface area contributed by atoms with Gasteiger partial charge in [0, 0.05) is 30.8 Å². The average molecular weight is 564 g/mol. The van der Waals surface area contributed by atoms with Gasteiger partial charge in [-0.3, -0.25) is 9.69 Å². The monoisotopic (exact) mass is 562 g/mol. The van der Waals surface area contributed by atoms with Crippen molar-refractivity contribution in [1.29, 1.82) is 0 Å². The van der Waals surface area contributed by atoms with Crippen molar-refractivity contribution in [2.75, 3.05) is 18.9 Å². The summed E-state index contributed by atoms with van der Waals surface area (Å²) in [5.41, 5.74) is 4.26. The normalized spacial score (nSPS) is 20.1. The van der Waals surface area contributed by atoms with Gasteiger partial charge in [0.05, 0.1) is 18.8 Å². The van der Waals surface area contributed by atoms with E-state index in [4.69, 9.17) is 44.3 Å². The zero-order valence-electron chi connectivity index (χ0n) is 20.3. The Morgan fingerprint density at radius 3 is 2.38 bits per heavy atom. The summed E-state index contributed by atoms with van der Waals surface area (Å²) in [5.74, 6) is -0.748. The molecule has 1 aliphatic rings. The first kappa shape index (κ1) is 27.9. The van der Waals surface area contributed by atoms with Gasteiger partial charge < -0.3 is 19.9 Å². The Bertz CT molecular complexity index is 1170. The summed E-state index contributed by atoms with van der Waals surface area (Å²) in [6, 6.07) is 25.1. The highest BCUT2D eigenvalue weighted by Crippen LogP contribution is 2.39. The van der Waals surface area contributed by atoms with Gasteiger partial charge in [-0.05, 0) is 35.9 Å². The van der Waals surface area contributed by atoms with Gasteiger partial charge in [-0.1, -0.05) is 102 Å². The Morgan fingerprint density at radius 1 is 0.973 bits per heavy atom. The SMILES string of the molecule is CN(Cc1ccccc1)C[C@H]1C[C@@H](c2ccc(CO)cc2)O[C@@H](c2cccc(NC(=O)C(Cl)(Cl)Cl)c2)O1. The summed E-state index contributed by atoms with van der Waals surface area (Å²) < 4.78 is 10.7. The number of likely N-dealkylation sites (N-methyl/N-ethyl adjacent to an activating group) is 1. The highest BCUT2D eigenvalue weighted by Gasteiger charge is 2.34. The second-order valence-electron chi connectivity index (χ2n) is 9.11. The highest BCUT2D eigenvalue weighted by molar-refractivity contribution is 6.76. The van der Waals surface area contributed by atoms with Crippen LogP contribution in [0.2, 0.25) is 0 Å². The summed E-state index contributed by atoms with van der Waals surface area (Å²) in [4.78, 5) is 14.4. The van der Waals surface area contributed by atoms with Gasteiger partial charge in [0.25, 0.3) is 9.70 Å². The third kappa shape index (κ3) is 7.91. The van der Waals surface area contributed by atoms with Crippen LogP contribution < -0.4 is 5.32 Å². The number of aliphatic hydroxyl groups excluding tert-OH is 1. The van der Waals surface area contributed by atoms with Crippen molar-refractivity contribution in [3.05, 3.63) is 101 Å². The minimum absolute atomic E-state index is 0.0167. The fourth-order valence-electron chi connectivity index (χ4n) is 4.31. The first-order chi connectivity index (χ1) is 17.7. The van der Waals surface area contributed by atoms with E-state index in [2.05, 4.69) is 29.4 Å². The van der Waals surface area contributed by atoms with Gasteiger partial charge in [0.2, 0.25) is 0 Å². The zero-order valence-corrected chi connectivity index (χ0v) is 22.6. The minimum atomic E-state index is -2.08. The van der Waals surface area contributed by atoms with E-state index in [9.17, 15) is 9.90 Å². The molecule has 0 aromatic heterocycles. The average Bonchev–Trinajstić information content (AvgIpc) is 2.88. The number of amides is 1. The number of nitrogens with one attached hydrogen (secondary N) is 1. The van der Waals surface area contributed by atoms with Gasteiger partial charge in [0.15, 0.2) is 6.29 Å². The van der Waals surface area contributed by atoms with Crippen molar-refractivity contribution < 1.29 is 19.4 Å². The second kappa shape index (κ2) is 12.6. The number of alkyl halides is 3. The van der Waals surface area contributed by atoms with Crippen LogP contribution in [0.15, 0.2) is 78.9 Å². The standard InChI is InChI=1S/C28H29Cl3N2O4/c1-33(16-19-6-3-2-4-7-19)17-24-15-25(21-12-10-20(18-34)11-13-21)37-26(36-24)22-8-5-9-23(14-22)32-27(35)28(29,30)31/h2-14,24-26,34H,15-18H2,1H3,(H,32,35)/t24-,25+,26+/m1/s1. The zero-order chi connectivity index (χ0) is 26.4. The fraction of sp³-hybridized carbons (Fsp3) is 0.321. The molecule has 0 aliphatic carbocycles. The van der Waals surface area contributed by atoms with E-state index in [1.165, 1.54) is 5.56 Å². The van der Waals surface area contributed by atoms with E-state index < -0.39 is 16.0 Å². The molecule has 4 rings (SSSR count). The van der Waals surface area contributed by atoms with Crippen molar-refractivity contribution in [3.8, 4) is 0 Å². The Hall–Kier alpha value is -2.16. The third-order valence-electron chi connectivity index (χ3n) is 6.10. The molecule has 1 amide bonds. The van der Waals surface area contributed by atoms with Gasteiger partial charge in [-0.15, -0.1) is 0 Å². The number of hydrogen-bond donors (Lipinski definition) is 2. The van der Waals surface area contributed by atoms with Crippen LogP contribution in [-0.2, 0) is 27.4 Å². The Labute approximate surface area is 232 Å². The molecule has 37 heavy (non-hydrogen) atoms. The van der Waals surface area contributed by atoms with E-state index in [-0.39, 0.29) is 18.8 Å². The lowest BCUT2D eigenvalue weighted by molar-refractivity contribution is -0.252. The molecular weight excluding hydrogens is 535 g/mol. The molecule has 1 heterocycles. The summed E-state index contributed by atoms with van der Waals surface area (Å²) in [6.45, 7) is 1.47. The Balaban J connectivity index is 1.54. The quantitative estimate of drug-likeness (QED) is 0.321. The molecule has 3 atom stereocenters. The van der Waals surface area contributed by atoms with Crippen molar-refractivity contribution in [2.24, 2.45) is 0 Å². The molecule has 196 valence electrons. The van der Waals surface area contributed by atoms with Crippen LogP contribution in [0.1, 0.15) is 41.1 Å². The molecule has 1 fully saturated rings. The fourth-order valence-corrected chi connectivity index (χ4v) is 4.45. The van der Waals surface area contributed by atoms with Crippen LogP contribution in [0.4, 0.5) is 5.69 Å². The van der Waals surface area contributed by atoms with Crippen LogP contribution in [-0.4, -0.2) is 39.4 Å². The molecule has 3 aromatic carbocycles. The summed E-state index contributed by atoms with van der Waals surface area (Å²) in [5, 5.41) is 12.0. The van der Waals surface area contributed by atoms with Crippen molar-refractivity contribution in [1.82, 2.24) is 4.90 Å². The van der Waals surface area contributed by atoms with Gasteiger partial charge in [-0.25, -0.2) is 0 Å². The number of ether oxygens (including phenoxy) is 2. The van der Waals surface area contributed by atoms with E-state index in [0.29, 0.717) is 18.7 Å². The molecule has 1 saturated heterocycles. The summed E-state index contributed by atoms with van der Waals surface area (Å²) >= 11 is 17.1. The number of benzene rings is 3. The number of hydrogen-bond acceptors (Lipinski definition) is 5. The van der Waals surface area contributed by atoms with Gasteiger partial charge in [0.1, 0.15) is 0 Å². The number of halogens is 3. The predicted molar refractivity (Wildman–Crippen MR) is 147 cm³/mol. The maximum absolute atomic E-state index is 12.1. The first-order valence-electron chi connectivity index (χ1n) is 11.9. The molecular formula is C28H29Cl3N2O4. The second-order valence-corrected chi connectivity index (χ2v) is 11.4. The lowest BCUT2D eigenvalue weighted by Gasteiger charge is -2.38. The molecule has 0 bridgehead atoms. The Kier molecular flexibility index (Phi) is 9.48. The number of anilines is 1. The van der Waals surface area contributed by atoms with Gasteiger partial charge >= 0.3 is 0 Å². The lowest BCUT2D eigenvalue weighted by atomic mass is 9.99. The van der Waals surface area contributed by atoms with Crippen LogP contribution in [0.5, 0.6) is 0 Å². The highest BCUT2D eigenvalue weighted by atomic mass is 35.6. The predicted octanol–water partition coefficient (Wildman–Crippen LogP) is 6.17. The molecule has 0 spiro atoms. The Morgan fingerprint density at radius 2 is 1.70 bits per heavy atom. The lowest BCUT2D eigenvalue weighted by Crippen LogP contribution is -2.37. The molecule has 0 radical (unpaired) electrons. The summed E-state index contributed by atoms with van der Waals surface area (Å²) in [7, 11) is 2.07. The molecule has 1 aliphatic heterocycles. The topological polar surface area (TPSA) is 71.0 Å². The van der Waals surface area contributed by atoms with Crippen molar-refractivity contribution in [2.45, 2.75) is 41.9 Å². The van der Waals surface area contributed by atoms with Crippen LogP contribution in [0.25, 0.3) is 0 Å². The number of nitrogens with zero attached hydrogens (tertiary/aromatic N) is 1. The number of carbonyl (C=O) groups excluding carboxylic acids is 1. The minimum Gasteiger partial charge on any atom is -0.392 e. The number of carbonyl (C=O) groups is 1. The van der Waals surface area contributed by atoms with E-state index in [0.717, 1.165) is 23.2 Å². The maximum atomic E-state index is 12.1. The van der Waals surface area contributed by atoms with Gasteiger partial charge in [-0.2, -0.15) is 0 Å². The van der Waals surface area contributed by atoms with E-state index >= 15 is 0 Å². The van der Waals surface area contributed by atoms with Crippen LogP contribution in [0, 0.1) is 0 Å². The smallest absolute Gasteiger partial charge is 0.276 e.